The summed E-state index contributed by atoms with van der Waals surface area (Å²) in [6, 6.07) is 0. The summed E-state index contributed by atoms with van der Waals surface area (Å²) in [7, 11) is 1.88. The molecule has 0 spiro atoms. The summed E-state index contributed by atoms with van der Waals surface area (Å²) in [6.45, 7) is 3.90. The summed E-state index contributed by atoms with van der Waals surface area (Å²) in [5, 5.41) is 14.6. The Morgan fingerprint density at radius 3 is 2.83 bits per heavy atom. The SMILES string of the molecule is CCOC1(C(O)Cc2cnn(C)c2)CCOCC1. The van der Waals surface area contributed by atoms with Crippen LogP contribution < -0.4 is 0 Å². The van der Waals surface area contributed by atoms with Crippen LogP contribution in [0.1, 0.15) is 25.3 Å². The summed E-state index contributed by atoms with van der Waals surface area (Å²) >= 11 is 0. The van der Waals surface area contributed by atoms with Crippen LogP contribution in [-0.4, -0.2) is 46.4 Å². The molecule has 2 heterocycles. The van der Waals surface area contributed by atoms with Crippen molar-refractivity contribution >= 4 is 0 Å². The van der Waals surface area contributed by atoms with Gasteiger partial charge in [-0.2, -0.15) is 5.10 Å². The van der Waals surface area contributed by atoms with E-state index >= 15 is 0 Å². The van der Waals surface area contributed by atoms with Crippen LogP contribution in [0.5, 0.6) is 0 Å². The van der Waals surface area contributed by atoms with Crippen LogP contribution in [0, 0.1) is 0 Å². The molecule has 0 saturated carbocycles. The zero-order valence-corrected chi connectivity index (χ0v) is 11.1. The van der Waals surface area contributed by atoms with Gasteiger partial charge in [0.2, 0.25) is 0 Å². The predicted octanol–water partition coefficient (Wildman–Crippen LogP) is 0.909. The van der Waals surface area contributed by atoms with E-state index in [0.717, 1.165) is 18.4 Å². The number of hydrogen-bond donors (Lipinski definition) is 1. The fourth-order valence-electron chi connectivity index (χ4n) is 2.56. The first-order valence-electron chi connectivity index (χ1n) is 6.53. The minimum absolute atomic E-state index is 0.456. The fraction of sp³-hybridized carbons (Fsp3) is 0.769. The topological polar surface area (TPSA) is 56.5 Å². The highest BCUT2D eigenvalue weighted by atomic mass is 16.5. The molecule has 1 N–H and O–H groups in total. The summed E-state index contributed by atoms with van der Waals surface area (Å²) in [5.41, 5.74) is 0.582. The molecule has 102 valence electrons. The van der Waals surface area contributed by atoms with Gasteiger partial charge in [0.1, 0.15) is 0 Å². The van der Waals surface area contributed by atoms with Crippen LogP contribution in [0.25, 0.3) is 0 Å². The van der Waals surface area contributed by atoms with Crippen molar-refractivity contribution in [3.8, 4) is 0 Å². The van der Waals surface area contributed by atoms with Crippen LogP contribution in [0.15, 0.2) is 12.4 Å². The molecule has 1 atom stereocenters. The fourth-order valence-corrected chi connectivity index (χ4v) is 2.56. The molecule has 1 saturated heterocycles. The molecule has 0 radical (unpaired) electrons. The maximum Gasteiger partial charge on any atom is 0.0987 e. The van der Waals surface area contributed by atoms with Crippen molar-refractivity contribution in [2.45, 2.75) is 37.9 Å². The molecule has 0 bridgehead atoms. The van der Waals surface area contributed by atoms with Crippen molar-refractivity contribution < 1.29 is 14.6 Å². The molecule has 0 amide bonds. The molecule has 5 heteroatoms. The molecular weight excluding hydrogens is 232 g/mol. The number of rotatable bonds is 5. The minimum atomic E-state index is -0.509. The normalized spacial score (nSPS) is 20.8. The second-order valence-electron chi connectivity index (χ2n) is 4.85. The van der Waals surface area contributed by atoms with Crippen molar-refractivity contribution in [2.24, 2.45) is 7.05 Å². The van der Waals surface area contributed by atoms with Gasteiger partial charge in [0.25, 0.3) is 0 Å². The Morgan fingerprint density at radius 2 is 2.28 bits per heavy atom. The van der Waals surface area contributed by atoms with E-state index in [1.807, 2.05) is 20.2 Å². The standard InChI is InChI=1S/C13H22N2O3/c1-3-18-13(4-6-17-7-5-13)12(16)8-11-9-14-15(2)10-11/h9-10,12,16H,3-8H2,1-2H3. The average molecular weight is 254 g/mol. The zero-order valence-electron chi connectivity index (χ0n) is 11.1. The second-order valence-corrected chi connectivity index (χ2v) is 4.85. The largest absolute Gasteiger partial charge is 0.390 e. The van der Waals surface area contributed by atoms with Crippen LogP contribution >= 0.6 is 0 Å². The van der Waals surface area contributed by atoms with Gasteiger partial charge in [-0.3, -0.25) is 4.68 Å². The Kier molecular flexibility index (Phi) is 4.37. The van der Waals surface area contributed by atoms with E-state index in [0.29, 0.717) is 26.2 Å². The van der Waals surface area contributed by atoms with Gasteiger partial charge >= 0.3 is 0 Å². The molecule has 1 aromatic heterocycles. The number of aromatic nitrogens is 2. The summed E-state index contributed by atoms with van der Waals surface area (Å²) in [5.74, 6) is 0. The average Bonchev–Trinajstić information content (AvgIpc) is 2.76. The van der Waals surface area contributed by atoms with Gasteiger partial charge in [0.15, 0.2) is 0 Å². The monoisotopic (exact) mass is 254 g/mol. The lowest BCUT2D eigenvalue weighted by atomic mass is 9.85. The van der Waals surface area contributed by atoms with Crippen molar-refractivity contribution in [2.75, 3.05) is 19.8 Å². The van der Waals surface area contributed by atoms with Gasteiger partial charge in [-0.1, -0.05) is 0 Å². The lowest BCUT2D eigenvalue weighted by Crippen LogP contribution is -2.50. The summed E-state index contributed by atoms with van der Waals surface area (Å²) < 4.78 is 13.0. The lowest BCUT2D eigenvalue weighted by Gasteiger charge is -2.40. The molecule has 1 unspecified atom stereocenters. The highest BCUT2D eigenvalue weighted by Gasteiger charge is 2.40. The minimum Gasteiger partial charge on any atom is -0.390 e. The molecular formula is C13H22N2O3. The molecule has 1 aliphatic heterocycles. The van der Waals surface area contributed by atoms with Gasteiger partial charge in [-0.05, 0) is 12.5 Å². The number of ether oxygens (including phenoxy) is 2. The maximum atomic E-state index is 10.5. The number of hydrogen-bond acceptors (Lipinski definition) is 4. The quantitative estimate of drug-likeness (QED) is 0.848. The molecule has 18 heavy (non-hydrogen) atoms. The third-order valence-electron chi connectivity index (χ3n) is 3.57. The Hall–Kier alpha value is -0.910. The Morgan fingerprint density at radius 1 is 1.56 bits per heavy atom. The van der Waals surface area contributed by atoms with Gasteiger partial charge in [-0.25, -0.2) is 0 Å². The molecule has 5 nitrogen and oxygen atoms in total. The van der Waals surface area contributed by atoms with E-state index in [4.69, 9.17) is 9.47 Å². The van der Waals surface area contributed by atoms with E-state index in [9.17, 15) is 5.11 Å². The van der Waals surface area contributed by atoms with Crippen molar-refractivity contribution in [1.82, 2.24) is 9.78 Å². The summed E-state index contributed by atoms with van der Waals surface area (Å²) in [6.07, 6.45) is 5.30. The zero-order chi connectivity index (χ0) is 13.0. The molecule has 1 aliphatic rings. The molecule has 2 rings (SSSR count). The predicted molar refractivity (Wildman–Crippen MR) is 67.3 cm³/mol. The van der Waals surface area contributed by atoms with E-state index in [1.165, 1.54) is 0 Å². The third-order valence-corrected chi connectivity index (χ3v) is 3.57. The second kappa shape index (κ2) is 5.82. The maximum absolute atomic E-state index is 10.5. The van der Waals surface area contributed by atoms with Gasteiger partial charge in [0, 0.05) is 52.3 Å². The van der Waals surface area contributed by atoms with E-state index in [1.54, 1.807) is 10.9 Å². The molecule has 1 aromatic rings. The molecule has 0 aromatic carbocycles. The summed E-state index contributed by atoms with van der Waals surface area (Å²) in [4.78, 5) is 0. The first-order valence-corrected chi connectivity index (χ1v) is 6.53. The lowest BCUT2D eigenvalue weighted by molar-refractivity contribution is -0.165. The Bertz CT molecular complexity index is 367. The van der Waals surface area contributed by atoms with Crippen LogP contribution in [-0.2, 0) is 22.9 Å². The smallest absolute Gasteiger partial charge is 0.0987 e. The van der Waals surface area contributed by atoms with Crippen LogP contribution in [0.4, 0.5) is 0 Å². The molecule has 0 aliphatic carbocycles. The first-order chi connectivity index (χ1) is 8.66. The van der Waals surface area contributed by atoms with Crippen molar-refractivity contribution in [3.63, 3.8) is 0 Å². The molecule has 1 fully saturated rings. The first kappa shape index (κ1) is 13.5. The highest BCUT2D eigenvalue weighted by molar-refractivity contribution is 5.08. The Balaban J connectivity index is 2.05. The van der Waals surface area contributed by atoms with E-state index < -0.39 is 11.7 Å². The van der Waals surface area contributed by atoms with Gasteiger partial charge in [-0.15, -0.1) is 0 Å². The van der Waals surface area contributed by atoms with Crippen LogP contribution in [0.2, 0.25) is 0 Å². The van der Waals surface area contributed by atoms with Crippen LogP contribution in [0.3, 0.4) is 0 Å². The number of aliphatic hydroxyl groups excluding tert-OH is 1. The highest BCUT2D eigenvalue weighted by Crippen LogP contribution is 2.30. The van der Waals surface area contributed by atoms with E-state index in [2.05, 4.69) is 5.10 Å². The van der Waals surface area contributed by atoms with E-state index in [-0.39, 0.29) is 0 Å². The van der Waals surface area contributed by atoms with Crippen molar-refractivity contribution in [3.05, 3.63) is 18.0 Å². The third kappa shape index (κ3) is 2.91. The van der Waals surface area contributed by atoms with Gasteiger partial charge in [0.05, 0.1) is 17.9 Å². The number of nitrogens with zero attached hydrogens (tertiary/aromatic N) is 2. The Labute approximate surface area is 108 Å². The number of aliphatic hydroxyl groups is 1. The van der Waals surface area contributed by atoms with Crippen molar-refractivity contribution in [1.29, 1.82) is 0 Å². The van der Waals surface area contributed by atoms with Gasteiger partial charge < -0.3 is 14.6 Å². The number of aryl methyl sites for hydroxylation is 1.